The van der Waals surface area contributed by atoms with E-state index >= 15 is 0 Å². The SMILES string of the molecule is Fc1cnc(Cl)nc1-c1ccoc1. The third-order valence-corrected chi connectivity index (χ3v) is 1.69. The highest BCUT2D eigenvalue weighted by Crippen LogP contribution is 2.21. The molecule has 0 saturated heterocycles. The quantitative estimate of drug-likeness (QED) is 0.661. The van der Waals surface area contributed by atoms with Crippen LogP contribution in [0.25, 0.3) is 11.3 Å². The number of hydrogen-bond acceptors (Lipinski definition) is 3. The largest absolute Gasteiger partial charge is 0.472 e. The summed E-state index contributed by atoms with van der Waals surface area (Å²) in [6.45, 7) is 0. The Morgan fingerprint density at radius 3 is 3.00 bits per heavy atom. The average molecular weight is 199 g/mol. The van der Waals surface area contributed by atoms with Crippen LogP contribution in [0.15, 0.2) is 29.2 Å². The summed E-state index contributed by atoms with van der Waals surface area (Å²) in [5.41, 5.74) is 0.690. The van der Waals surface area contributed by atoms with E-state index in [4.69, 9.17) is 16.0 Å². The highest BCUT2D eigenvalue weighted by Gasteiger charge is 2.08. The van der Waals surface area contributed by atoms with Gasteiger partial charge in [-0.2, -0.15) is 0 Å². The van der Waals surface area contributed by atoms with Gasteiger partial charge in [0.05, 0.1) is 18.7 Å². The fourth-order valence-electron chi connectivity index (χ4n) is 0.947. The first-order valence-electron chi connectivity index (χ1n) is 3.48. The Bertz CT molecular complexity index is 416. The molecule has 2 rings (SSSR count). The van der Waals surface area contributed by atoms with Crippen LogP contribution in [-0.4, -0.2) is 9.97 Å². The van der Waals surface area contributed by atoms with E-state index in [1.165, 1.54) is 12.5 Å². The molecule has 0 bridgehead atoms. The first-order chi connectivity index (χ1) is 6.27. The fourth-order valence-corrected chi connectivity index (χ4v) is 1.08. The minimum Gasteiger partial charge on any atom is -0.472 e. The van der Waals surface area contributed by atoms with Crippen molar-refractivity contribution >= 4 is 11.6 Å². The molecule has 3 nitrogen and oxygen atoms in total. The molecule has 0 aliphatic carbocycles. The normalized spacial score (nSPS) is 10.3. The molecule has 0 unspecified atom stereocenters. The lowest BCUT2D eigenvalue weighted by Gasteiger charge is -1.97. The van der Waals surface area contributed by atoms with E-state index in [0.29, 0.717) is 5.56 Å². The van der Waals surface area contributed by atoms with Gasteiger partial charge in [-0.1, -0.05) is 0 Å². The third kappa shape index (κ3) is 1.53. The van der Waals surface area contributed by atoms with Crippen molar-refractivity contribution in [3.63, 3.8) is 0 Å². The fraction of sp³-hybridized carbons (Fsp3) is 0. The molecule has 0 amide bonds. The summed E-state index contributed by atoms with van der Waals surface area (Å²) in [4.78, 5) is 7.23. The van der Waals surface area contributed by atoms with Crippen molar-refractivity contribution in [1.82, 2.24) is 9.97 Å². The van der Waals surface area contributed by atoms with Crippen LogP contribution in [0.1, 0.15) is 0 Å². The molecule has 0 spiro atoms. The first-order valence-corrected chi connectivity index (χ1v) is 3.86. The number of aromatic nitrogens is 2. The molecule has 0 aromatic carbocycles. The molecule has 0 aliphatic heterocycles. The maximum absolute atomic E-state index is 13.1. The van der Waals surface area contributed by atoms with E-state index in [9.17, 15) is 4.39 Å². The molecule has 2 heterocycles. The van der Waals surface area contributed by atoms with Crippen LogP contribution in [0.3, 0.4) is 0 Å². The van der Waals surface area contributed by atoms with Crippen LogP contribution >= 0.6 is 11.6 Å². The topological polar surface area (TPSA) is 38.9 Å². The zero-order valence-electron chi connectivity index (χ0n) is 6.37. The zero-order chi connectivity index (χ0) is 9.26. The maximum Gasteiger partial charge on any atom is 0.223 e. The van der Waals surface area contributed by atoms with Crippen LogP contribution in [-0.2, 0) is 0 Å². The van der Waals surface area contributed by atoms with Gasteiger partial charge in [-0.25, -0.2) is 14.4 Å². The second-order valence-corrected chi connectivity index (χ2v) is 2.69. The minimum atomic E-state index is -0.522. The number of nitrogens with zero attached hydrogens (tertiary/aromatic N) is 2. The Morgan fingerprint density at radius 2 is 2.31 bits per heavy atom. The van der Waals surface area contributed by atoms with E-state index in [1.54, 1.807) is 6.07 Å². The lowest BCUT2D eigenvalue weighted by molar-refractivity contribution is 0.567. The Hall–Kier alpha value is -1.42. The van der Waals surface area contributed by atoms with Crippen molar-refractivity contribution in [3.05, 3.63) is 35.9 Å². The number of rotatable bonds is 1. The Labute approximate surface area is 78.2 Å². The number of halogens is 2. The first kappa shape index (κ1) is 8.19. The predicted octanol–water partition coefficient (Wildman–Crippen LogP) is 2.53. The minimum absolute atomic E-state index is 0.0117. The van der Waals surface area contributed by atoms with Crippen LogP contribution < -0.4 is 0 Å². The Kier molecular flexibility index (Phi) is 1.98. The monoisotopic (exact) mass is 198 g/mol. The van der Waals surface area contributed by atoms with Crippen LogP contribution in [0.5, 0.6) is 0 Å². The lowest BCUT2D eigenvalue weighted by atomic mass is 10.2. The molecule has 0 atom stereocenters. The molecule has 0 fully saturated rings. The van der Waals surface area contributed by atoms with E-state index in [2.05, 4.69) is 9.97 Å². The second-order valence-electron chi connectivity index (χ2n) is 2.35. The van der Waals surface area contributed by atoms with Gasteiger partial charge in [0.1, 0.15) is 5.69 Å². The van der Waals surface area contributed by atoms with Crippen molar-refractivity contribution in [3.8, 4) is 11.3 Å². The second kappa shape index (κ2) is 3.14. The van der Waals surface area contributed by atoms with E-state index in [-0.39, 0.29) is 11.0 Å². The molecular formula is C8H4ClFN2O. The van der Waals surface area contributed by atoms with Crippen LogP contribution in [0.4, 0.5) is 4.39 Å². The third-order valence-electron chi connectivity index (χ3n) is 1.51. The smallest absolute Gasteiger partial charge is 0.223 e. The van der Waals surface area contributed by atoms with Crippen molar-refractivity contribution in [1.29, 1.82) is 0 Å². The van der Waals surface area contributed by atoms with E-state index < -0.39 is 5.82 Å². The van der Waals surface area contributed by atoms with E-state index in [1.807, 2.05) is 0 Å². The van der Waals surface area contributed by atoms with Gasteiger partial charge in [-0.15, -0.1) is 0 Å². The molecule has 0 radical (unpaired) electrons. The van der Waals surface area contributed by atoms with E-state index in [0.717, 1.165) is 6.20 Å². The molecule has 2 aromatic heterocycles. The lowest BCUT2D eigenvalue weighted by Crippen LogP contribution is -1.90. The molecule has 66 valence electrons. The highest BCUT2D eigenvalue weighted by molar-refractivity contribution is 6.28. The molecule has 5 heteroatoms. The van der Waals surface area contributed by atoms with Crippen molar-refractivity contribution in [2.75, 3.05) is 0 Å². The summed E-state index contributed by atoms with van der Waals surface area (Å²) in [6.07, 6.45) is 3.85. The standard InChI is InChI=1S/C8H4ClFN2O/c9-8-11-3-6(10)7(12-8)5-1-2-13-4-5/h1-4H. The summed E-state index contributed by atoms with van der Waals surface area (Å²) >= 11 is 5.51. The summed E-state index contributed by atoms with van der Waals surface area (Å²) < 4.78 is 17.9. The molecule has 13 heavy (non-hydrogen) atoms. The molecule has 0 saturated carbocycles. The highest BCUT2D eigenvalue weighted by atomic mass is 35.5. The molecule has 0 N–H and O–H groups in total. The van der Waals surface area contributed by atoms with Gasteiger partial charge in [0.2, 0.25) is 5.28 Å². The van der Waals surface area contributed by atoms with Crippen molar-refractivity contribution in [2.45, 2.75) is 0 Å². The van der Waals surface area contributed by atoms with Crippen LogP contribution in [0, 0.1) is 5.82 Å². The summed E-state index contributed by atoms with van der Waals surface area (Å²) in [6, 6.07) is 1.60. The van der Waals surface area contributed by atoms with Gasteiger partial charge in [0.25, 0.3) is 0 Å². The Morgan fingerprint density at radius 1 is 1.46 bits per heavy atom. The summed E-state index contributed by atoms with van der Waals surface area (Å²) in [5.74, 6) is -0.522. The van der Waals surface area contributed by atoms with Crippen molar-refractivity contribution < 1.29 is 8.81 Å². The van der Waals surface area contributed by atoms with Gasteiger partial charge in [-0.05, 0) is 17.7 Å². The van der Waals surface area contributed by atoms with Crippen molar-refractivity contribution in [2.24, 2.45) is 0 Å². The van der Waals surface area contributed by atoms with Crippen LogP contribution in [0.2, 0.25) is 5.28 Å². The van der Waals surface area contributed by atoms with Gasteiger partial charge >= 0.3 is 0 Å². The predicted molar refractivity (Wildman–Crippen MR) is 44.7 cm³/mol. The number of furan rings is 1. The van der Waals surface area contributed by atoms with Gasteiger partial charge < -0.3 is 4.42 Å². The zero-order valence-corrected chi connectivity index (χ0v) is 7.12. The van der Waals surface area contributed by atoms with Gasteiger partial charge in [0.15, 0.2) is 5.82 Å². The molecule has 2 aromatic rings. The maximum atomic E-state index is 13.1. The molecular weight excluding hydrogens is 195 g/mol. The number of hydrogen-bond donors (Lipinski definition) is 0. The average Bonchev–Trinajstić information content (AvgIpc) is 2.61. The molecule has 0 aliphatic rings. The Balaban J connectivity index is 2.57. The summed E-state index contributed by atoms with van der Waals surface area (Å²) in [5, 5.41) is 0.0117. The summed E-state index contributed by atoms with van der Waals surface area (Å²) in [7, 11) is 0. The van der Waals surface area contributed by atoms with Gasteiger partial charge in [-0.3, -0.25) is 0 Å². The van der Waals surface area contributed by atoms with Gasteiger partial charge in [0, 0.05) is 5.56 Å².